The highest BCUT2D eigenvalue weighted by atomic mass is 16.5. The van der Waals surface area contributed by atoms with Gasteiger partial charge in [0.05, 0.1) is 14.2 Å². The number of hydrogen-bond acceptors (Lipinski definition) is 3. The lowest BCUT2D eigenvalue weighted by Gasteiger charge is -2.15. The minimum Gasteiger partial charge on any atom is -0.493 e. The first-order valence-electron chi connectivity index (χ1n) is 7.19. The monoisotopic (exact) mass is 285 g/mol. The van der Waals surface area contributed by atoms with E-state index in [2.05, 4.69) is 43.4 Å². The van der Waals surface area contributed by atoms with Gasteiger partial charge >= 0.3 is 0 Å². The fraction of sp³-hybridized carbons (Fsp3) is 0.333. The van der Waals surface area contributed by atoms with Crippen LogP contribution >= 0.6 is 0 Å². The lowest BCUT2D eigenvalue weighted by molar-refractivity contribution is 0.354. The zero-order valence-corrected chi connectivity index (χ0v) is 13.1. The molecule has 0 saturated heterocycles. The highest BCUT2D eigenvalue weighted by Crippen LogP contribution is 2.29. The molecule has 0 unspecified atom stereocenters. The Bertz CT molecular complexity index is 594. The number of hydrogen-bond donors (Lipinski definition) is 1. The van der Waals surface area contributed by atoms with Gasteiger partial charge in [0.2, 0.25) is 0 Å². The van der Waals surface area contributed by atoms with E-state index >= 15 is 0 Å². The summed E-state index contributed by atoms with van der Waals surface area (Å²) in [5, 5.41) is 3.50. The van der Waals surface area contributed by atoms with Gasteiger partial charge in [0.1, 0.15) is 0 Å². The summed E-state index contributed by atoms with van der Waals surface area (Å²) in [6.07, 6.45) is 0. The van der Waals surface area contributed by atoms with Gasteiger partial charge in [-0.3, -0.25) is 0 Å². The van der Waals surface area contributed by atoms with Crippen molar-refractivity contribution >= 4 is 5.69 Å². The first kappa shape index (κ1) is 15.2. The maximum Gasteiger partial charge on any atom is 0.161 e. The van der Waals surface area contributed by atoms with Gasteiger partial charge < -0.3 is 14.8 Å². The highest BCUT2D eigenvalue weighted by molar-refractivity contribution is 5.53. The van der Waals surface area contributed by atoms with E-state index < -0.39 is 0 Å². The Balaban J connectivity index is 2.13. The molecule has 21 heavy (non-hydrogen) atoms. The fourth-order valence-corrected chi connectivity index (χ4v) is 2.35. The molecule has 2 rings (SSSR count). The van der Waals surface area contributed by atoms with E-state index in [9.17, 15) is 0 Å². The third kappa shape index (κ3) is 3.69. The number of rotatable bonds is 6. The SMILES string of the molecule is COc1ccc(CNc2ccccc2C(C)C)cc1OC. The van der Waals surface area contributed by atoms with Crippen LogP contribution in [0.3, 0.4) is 0 Å². The van der Waals surface area contributed by atoms with Crippen molar-refractivity contribution in [2.24, 2.45) is 0 Å². The lowest BCUT2D eigenvalue weighted by atomic mass is 10.0. The van der Waals surface area contributed by atoms with Crippen molar-refractivity contribution in [1.82, 2.24) is 0 Å². The summed E-state index contributed by atoms with van der Waals surface area (Å²) in [5.41, 5.74) is 3.67. The summed E-state index contributed by atoms with van der Waals surface area (Å²) in [6, 6.07) is 14.4. The number of ether oxygens (including phenoxy) is 2. The maximum atomic E-state index is 5.34. The Hall–Kier alpha value is -2.16. The molecule has 2 aromatic rings. The normalized spacial score (nSPS) is 10.5. The predicted octanol–water partition coefficient (Wildman–Crippen LogP) is 4.44. The third-order valence-corrected chi connectivity index (χ3v) is 3.51. The molecule has 0 radical (unpaired) electrons. The molecular weight excluding hydrogens is 262 g/mol. The quantitative estimate of drug-likeness (QED) is 0.851. The highest BCUT2D eigenvalue weighted by Gasteiger charge is 2.07. The number of anilines is 1. The van der Waals surface area contributed by atoms with Crippen molar-refractivity contribution in [3.8, 4) is 11.5 Å². The van der Waals surface area contributed by atoms with Gasteiger partial charge in [-0.25, -0.2) is 0 Å². The van der Waals surface area contributed by atoms with Crippen molar-refractivity contribution in [3.63, 3.8) is 0 Å². The van der Waals surface area contributed by atoms with Crippen LogP contribution in [-0.4, -0.2) is 14.2 Å². The molecule has 0 bridgehead atoms. The molecule has 0 atom stereocenters. The van der Waals surface area contributed by atoms with E-state index in [4.69, 9.17) is 9.47 Å². The van der Waals surface area contributed by atoms with E-state index in [1.165, 1.54) is 11.3 Å². The van der Waals surface area contributed by atoms with Crippen molar-refractivity contribution in [3.05, 3.63) is 53.6 Å². The van der Waals surface area contributed by atoms with Crippen molar-refractivity contribution in [2.45, 2.75) is 26.3 Å². The van der Waals surface area contributed by atoms with Gasteiger partial charge in [-0.05, 0) is 35.2 Å². The Morgan fingerprint density at radius 1 is 0.952 bits per heavy atom. The van der Waals surface area contributed by atoms with Crippen LogP contribution in [0.4, 0.5) is 5.69 Å². The molecule has 0 aliphatic heterocycles. The van der Waals surface area contributed by atoms with Crippen LogP contribution in [0, 0.1) is 0 Å². The van der Waals surface area contributed by atoms with Crippen molar-refractivity contribution in [2.75, 3.05) is 19.5 Å². The fourth-order valence-electron chi connectivity index (χ4n) is 2.35. The second-order valence-corrected chi connectivity index (χ2v) is 5.28. The Morgan fingerprint density at radius 2 is 1.67 bits per heavy atom. The number of benzene rings is 2. The van der Waals surface area contributed by atoms with Gasteiger partial charge in [0.15, 0.2) is 11.5 Å². The molecule has 0 saturated carbocycles. The Morgan fingerprint density at radius 3 is 2.33 bits per heavy atom. The standard InChI is InChI=1S/C18H23NO2/c1-13(2)15-7-5-6-8-16(15)19-12-14-9-10-17(20-3)18(11-14)21-4/h5-11,13,19H,12H2,1-4H3. The molecule has 0 spiro atoms. The zero-order valence-electron chi connectivity index (χ0n) is 13.1. The molecule has 112 valence electrons. The summed E-state index contributed by atoms with van der Waals surface area (Å²) < 4.78 is 10.6. The maximum absolute atomic E-state index is 5.34. The van der Waals surface area contributed by atoms with Crippen LogP contribution in [0.5, 0.6) is 11.5 Å². The molecule has 0 aromatic heterocycles. The minimum absolute atomic E-state index is 0.499. The predicted molar refractivity (Wildman–Crippen MR) is 87.4 cm³/mol. The topological polar surface area (TPSA) is 30.5 Å². The molecule has 0 aliphatic carbocycles. The molecule has 0 heterocycles. The Labute approximate surface area is 126 Å². The molecule has 0 fully saturated rings. The van der Waals surface area contributed by atoms with Crippen LogP contribution in [0.2, 0.25) is 0 Å². The van der Waals surface area contributed by atoms with Gasteiger partial charge in [0, 0.05) is 12.2 Å². The second kappa shape index (κ2) is 7.02. The van der Waals surface area contributed by atoms with E-state index in [0.29, 0.717) is 5.92 Å². The van der Waals surface area contributed by atoms with E-state index in [-0.39, 0.29) is 0 Å². The first-order chi connectivity index (χ1) is 10.2. The van der Waals surface area contributed by atoms with Crippen LogP contribution in [0.25, 0.3) is 0 Å². The second-order valence-electron chi connectivity index (χ2n) is 5.28. The number of methoxy groups -OCH3 is 2. The summed E-state index contributed by atoms with van der Waals surface area (Å²) in [7, 11) is 3.30. The summed E-state index contributed by atoms with van der Waals surface area (Å²) in [6.45, 7) is 5.16. The summed E-state index contributed by atoms with van der Waals surface area (Å²) in [5.74, 6) is 2.01. The average molecular weight is 285 g/mol. The molecule has 0 amide bonds. The summed E-state index contributed by atoms with van der Waals surface area (Å²) in [4.78, 5) is 0. The van der Waals surface area contributed by atoms with E-state index in [0.717, 1.165) is 23.6 Å². The van der Waals surface area contributed by atoms with Gasteiger partial charge in [-0.2, -0.15) is 0 Å². The smallest absolute Gasteiger partial charge is 0.161 e. The summed E-state index contributed by atoms with van der Waals surface area (Å²) >= 11 is 0. The zero-order chi connectivity index (χ0) is 15.2. The van der Waals surface area contributed by atoms with Gasteiger partial charge in [-0.15, -0.1) is 0 Å². The molecule has 2 aromatic carbocycles. The van der Waals surface area contributed by atoms with Crippen molar-refractivity contribution in [1.29, 1.82) is 0 Å². The van der Waals surface area contributed by atoms with Crippen LogP contribution in [0.1, 0.15) is 30.9 Å². The van der Waals surface area contributed by atoms with E-state index in [1.807, 2.05) is 18.2 Å². The molecule has 0 aliphatic rings. The van der Waals surface area contributed by atoms with Crippen LogP contribution in [0.15, 0.2) is 42.5 Å². The van der Waals surface area contributed by atoms with Crippen molar-refractivity contribution < 1.29 is 9.47 Å². The van der Waals surface area contributed by atoms with Gasteiger partial charge in [0.25, 0.3) is 0 Å². The lowest BCUT2D eigenvalue weighted by Crippen LogP contribution is -2.03. The van der Waals surface area contributed by atoms with E-state index in [1.54, 1.807) is 14.2 Å². The number of nitrogens with one attached hydrogen (secondary N) is 1. The van der Waals surface area contributed by atoms with Crippen LogP contribution in [-0.2, 0) is 6.54 Å². The Kier molecular flexibility index (Phi) is 5.09. The molecule has 1 N–H and O–H groups in total. The van der Waals surface area contributed by atoms with Crippen LogP contribution < -0.4 is 14.8 Å². The largest absolute Gasteiger partial charge is 0.493 e. The number of para-hydroxylation sites is 1. The molecule has 3 heteroatoms. The van der Waals surface area contributed by atoms with Gasteiger partial charge in [-0.1, -0.05) is 38.1 Å². The third-order valence-electron chi connectivity index (χ3n) is 3.51. The average Bonchev–Trinajstić information content (AvgIpc) is 2.52. The first-order valence-corrected chi connectivity index (χ1v) is 7.19. The molecular formula is C18H23NO2. The minimum atomic E-state index is 0.499. The molecule has 3 nitrogen and oxygen atoms in total.